The number of aromatic nitrogens is 1. The first-order chi connectivity index (χ1) is 8.99. The maximum Gasteiger partial charge on any atom is 0.416 e. The zero-order chi connectivity index (χ0) is 13.9. The van der Waals surface area contributed by atoms with Crippen LogP contribution < -0.4 is 16.0 Å². The third kappa shape index (κ3) is 3.73. The number of rotatable bonds is 5. The van der Waals surface area contributed by atoms with E-state index in [0.29, 0.717) is 12.5 Å². The fourth-order valence-corrected chi connectivity index (χ4v) is 1.93. The first-order valence-electron chi connectivity index (χ1n) is 6.18. The smallest absolute Gasteiger partial charge is 0.416 e. The molecule has 0 bridgehead atoms. The highest BCUT2D eigenvalue weighted by Crippen LogP contribution is 2.33. The molecule has 0 aliphatic heterocycles. The summed E-state index contributed by atoms with van der Waals surface area (Å²) in [5.74, 6) is 5.62. The molecule has 0 atom stereocenters. The SMILES string of the molecule is NNc1cc(C(F)(F)F)cc(OCCC2CCC2)n1. The van der Waals surface area contributed by atoms with E-state index >= 15 is 0 Å². The highest BCUT2D eigenvalue weighted by atomic mass is 19.4. The summed E-state index contributed by atoms with van der Waals surface area (Å²) in [6.07, 6.45) is -0.0123. The summed E-state index contributed by atoms with van der Waals surface area (Å²) in [5.41, 5.74) is 1.29. The van der Waals surface area contributed by atoms with Crippen LogP contribution in [0.4, 0.5) is 19.0 Å². The Morgan fingerprint density at radius 1 is 1.37 bits per heavy atom. The molecule has 1 fully saturated rings. The Labute approximate surface area is 109 Å². The molecule has 1 aliphatic rings. The molecule has 3 N–H and O–H groups in total. The van der Waals surface area contributed by atoms with Crippen LogP contribution in [0.15, 0.2) is 12.1 Å². The van der Waals surface area contributed by atoms with Crippen molar-refractivity contribution in [3.8, 4) is 5.88 Å². The number of nitrogens with zero attached hydrogens (tertiary/aromatic N) is 1. The number of alkyl halides is 3. The fourth-order valence-electron chi connectivity index (χ4n) is 1.93. The highest BCUT2D eigenvalue weighted by molar-refractivity contribution is 5.41. The molecule has 7 heteroatoms. The van der Waals surface area contributed by atoms with Gasteiger partial charge in [0.15, 0.2) is 0 Å². The molecule has 2 rings (SSSR count). The van der Waals surface area contributed by atoms with Crippen LogP contribution in [0, 0.1) is 5.92 Å². The molecular weight excluding hydrogens is 259 g/mol. The molecule has 106 valence electrons. The van der Waals surface area contributed by atoms with Crippen LogP contribution >= 0.6 is 0 Å². The number of halogens is 3. The van der Waals surface area contributed by atoms with Gasteiger partial charge in [-0.25, -0.2) is 5.84 Å². The van der Waals surface area contributed by atoms with Gasteiger partial charge >= 0.3 is 6.18 Å². The van der Waals surface area contributed by atoms with Crippen LogP contribution in [0.2, 0.25) is 0 Å². The lowest BCUT2D eigenvalue weighted by atomic mass is 9.83. The molecule has 1 aromatic heterocycles. The summed E-state index contributed by atoms with van der Waals surface area (Å²) in [6, 6.07) is 1.74. The van der Waals surface area contributed by atoms with Gasteiger partial charge in [-0.3, -0.25) is 0 Å². The third-order valence-electron chi connectivity index (χ3n) is 3.28. The Morgan fingerprint density at radius 2 is 2.11 bits per heavy atom. The Morgan fingerprint density at radius 3 is 2.63 bits per heavy atom. The number of anilines is 1. The number of nitrogens with one attached hydrogen (secondary N) is 1. The van der Waals surface area contributed by atoms with Gasteiger partial charge in [0.1, 0.15) is 5.82 Å². The second-order valence-electron chi connectivity index (χ2n) is 4.66. The van der Waals surface area contributed by atoms with Crippen molar-refractivity contribution in [3.05, 3.63) is 17.7 Å². The number of nitrogen functional groups attached to an aromatic ring is 1. The lowest BCUT2D eigenvalue weighted by Gasteiger charge is -2.24. The lowest BCUT2D eigenvalue weighted by molar-refractivity contribution is -0.137. The van der Waals surface area contributed by atoms with E-state index in [9.17, 15) is 13.2 Å². The molecule has 0 radical (unpaired) electrons. The summed E-state index contributed by atoms with van der Waals surface area (Å²) in [7, 11) is 0. The predicted octanol–water partition coefficient (Wildman–Crippen LogP) is 2.96. The van der Waals surface area contributed by atoms with Crippen molar-refractivity contribution in [2.24, 2.45) is 11.8 Å². The van der Waals surface area contributed by atoms with Crippen molar-refractivity contribution in [3.63, 3.8) is 0 Å². The normalized spacial score (nSPS) is 16.0. The fraction of sp³-hybridized carbons (Fsp3) is 0.583. The zero-order valence-electron chi connectivity index (χ0n) is 10.3. The Balaban J connectivity index is 2.01. The highest BCUT2D eigenvalue weighted by Gasteiger charge is 2.32. The number of hydrazine groups is 1. The first kappa shape index (κ1) is 13.9. The summed E-state index contributed by atoms with van der Waals surface area (Å²) in [4.78, 5) is 3.85. The zero-order valence-corrected chi connectivity index (χ0v) is 10.3. The number of nitrogens with two attached hydrogens (primary N) is 1. The van der Waals surface area contributed by atoms with Crippen LogP contribution in [0.1, 0.15) is 31.2 Å². The number of hydrogen-bond acceptors (Lipinski definition) is 4. The monoisotopic (exact) mass is 275 g/mol. The number of pyridine rings is 1. The molecule has 0 spiro atoms. The van der Waals surface area contributed by atoms with Gasteiger partial charge in [0.25, 0.3) is 0 Å². The van der Waals surface area contributed by atoms with E-state index in [1.165, 1.54) is 19.3 Å². The second kappa shape index (κ2) is 5.64. The molecule has 1 aromatic rings. The minimum Gasteiger partial charge on any atom is -0.478 e. The van der Waals surface area contributed by atoms with Crippen LogP contribution in [-0.2, 0) is 6.18 Å². The predicted molar refractivity (Wildman–Crippen MR) is 64.5 cm³/mol. The van der Waals surface area contributed by atoms with Crippen molar-refractivity contribution in [1.29, 1.82) is 0 Å². The Kier molecular flexibility index (Phi) is 4.14. The number of hydrogen-bond donors (Lipinski definition) is 2. The molecule has 0 aromatic carbocycles. The van der Waals surface area contributed by atoms with Gasteiger partial charge in [-0.1, -0.05) is 19.3 Å². The Hall–Kier alpha value is -1.50. The van der Waals surface area contributed by atoms with Crippen molar-refractivity contribution in [1.82, 2.24) is 4.98 Å². The van der Waals surface area contributed by atoms with Crippen molar-refractivity contribution < 1.29 is 17.9 Å². The van der Waals surface area contributed by atoms with Crippen molar-refractivity contribution in [2.45, 2.75) is 31.9 Å². The van der Waals surface area contributed by atoms with E-state index in [4.69, 9.17) is 10.6 Å². The van der Waals surface area contributed by atoms with Gasteiger partial charge in [-0.05, 0) is 18.4 Å². The molecule has 1 aliphatic carbocycles. The molecule has 1 heterocycles. The van der Waals surface area contributed by atoms with Crippen LogP contribution in [0.5, 0.6) is 5.88 Å². The minimum absolute atomic E-state index is 0.0536. The van der Waals surface area contributed by atoms with Crippen molar-refractivity contribution >= 4 is 5.82 Å². The van der Waals surface area contributed by atoms with E-state index < -0.39 is 11.7 Å². The van der Waals surface area contributed by atoms with Crippen LogP contribution in [-0.4, -0.2) is 11.6 Å². The summed E-state index contributed by atoms with van der Waals surface area (Å²) in [6.45, 7) is 0.378. The molecule has 0 amide bonds. The lowest BCUT2D eigenvalue weighted by Crippen LogP contribution is -2.16. The molecule has 1 saturated carbocycles. The van der Waals surface area contributed by atoms with Gasteiger partial charge in [-0.2, -0.15) is 18.2 Å². The van der Waals surface area contributed by atoms with Gasteiger partial charge in [0, 0.05) is 6.07 Å². The average Bonchev–Trinajstić information content (AvgIpc) is 2.31. The van der Waals surface area contributed by atoms with E-state index in [-0.39, 0.29) is 11.7 Å². The van der Waals surface area contributed by atoms with Crippen LogP contribution in [0.25, 0.3) is 0 Å². The van der Waals surface area contributed by atoms with Gasteiger partial charge in [0.2, 0.25) is 5.88 Å². The van der Waals surface area contributed by atoms with Gasteiger partial charge < -0.3 is 10.2 Å². The van der Waals surface area contributed by atoms with Crippen molar-refractivity contribution in [2.75, 3.05) is 12.0 Å². The molecule has 19 heavy (non-hydrogen) atoms. The van der Waals surface area contributed by atoms with Gasteiger partial charge in [0.05, 0.1) is 12.2 Å². The van der Waals surface area contributed by atoms with Gasteiger partial charge in [-0.15, -0.1) is 0 Å². The summed E-state index contributed by atoms with van der Waals surface area (Å²) in [5, 5.41) is 0. The van der Waals surface area contributed by atoms with E-state index in [1.54, 1.807) is 0 Å². The summed E-state index contributed by atoms with van der Waals surface area (Å²) >= 11 is 0. The maximum atomic E-state index is 12.6. The Bertz CT molecular complexity index is 433. The van der Waals surface area contributed by atoms with E-state index in [1.807, 2.05) is 0 Å². The molecule has 4 nitrogen and oxygen atoms in total. The quantitative estimate of drug-likeness (QED) is 0.640. The molecular formula is C12H16F3N3O. The maximum absolute atomic E-state index is 12.6. The summed E-state index contributed by atoms with van der Waals surface area (Å²) < 4.78 is 43.2. The third-order valence-corrected chi connectivity index (χ3v) is 3.28. The largest absolute Gasteiger partial charge is 0.478 e. The van der Waals surface area contributed by atoms with E-state index in [0.717, 1.165) is 18.6 Å². The minimum atomic E-state index is -4.44. The average molecular weight is 275 g/mol. The molecule has 0 saturated heterocycles. The molecule has 0 unspecified atom stereocenters. The standard InChI is InChI=1S/C12H16F3N3O/c13-12(14,15)9-6-10(18-16)17-11(7-9)19-5-4-8-2-1-3-8/h6-8H,1-5,16H2,(H,17,18). The topological polar surface area (TPSA) is 60.2 Å². The first-order valence-corrected chi connectivity index (χ1v) is 6.18. The van der Waals surface area contributed by atoms with E-state index in [2.05, 4.69) is 10.4 Å². The number of ether oxygens (including phenoxy) is 1. The van der Waals surface area contributed by atoms with Crippen LogP contribution in [0.3, 0.4) is 0 Å². The second-order valence-corrected chi connectivity index (χ2v) is 4.66.